The van der Waals surface area contributed by atoms with Crippen LogP contribution in [0.1, 0.15) is 21.5 Å². The highest BCUT2D eigenvalue weighted by atomic mass is 32.2. The fourth-order valence-corrected chi connectivity index (χ4v) is 4.39. The Kier molecular flexibility index (Phi) is 8.78. The molecular weight excluding hydrogens is 442 g/mol. The number of carbonyl (C=O) groups is 2. The minimum Gasteiger partial charge on any atom is -0.351 e. The first-order valence-corrected chi connectivity index (χ1v) is 12.0. The van der Waals surface area contributed by atoms with Crippen LogP contribution in [0.2, 0.25) is 0 Å². The van der Waals surface area contributed by atoms with Gasteiger partial charge in [-0.15, -0.1) is 0 Å². The van der Waals surface area contributed by atoms with Gasteiger partial charge >= 0.3 is 0 Å². The molecule has 3 rings (SSSR count). The lowest BCUT2D eigenvalue weighted by Gasteiger charge is -2.08. The van der Waals surface area contributed by atoms with E-state index in [4.69, 9.17) is 5.26 Å². The fraction of sp³-hybridized carbons (Fsp3) is 0.217. The summed E-state index contributed by atoms with van der Waals surface area (Å²) in [6, 6.07) is 16.5. The SMILES string of the molecule is Cn1ccnc1SCC(=O)Nc1ccc(C(=O)NCCSCc2ccccc2C#N)cc1. The van der Waals surface area contributed by atoms with Crippen molar-refractivity contribution in [2.45, 2.75) is 10.9 Å². The lowest BCUT2D eigenvalue weighted by atomic mass is 10.1. The van der Waals surface area contributed by atoms with Crippen LogP contribution in [0.15, 0.2) is 66.1 Å². The van der Waals surface area contributed by atoms with Crippen molar-refractivity contribution in [3.63, 3.8) is 0 Å². The predicted octanol–water partition coefficient (Wildman–Crippen LogP) is 3.69. The Hall–Kier alpha value is -3.22. The van der Waals surface area contributed by atoms with Crippen molar-refractivity contribution in [3.8, 4) is 6.07 Å². The van der Waals surface area contributed by atoms with Crippen molar-refractivity contribution < 1.29 is 9.59 Å². The molecule has 7 nitrogen and oxygen atoms in total. The van der Waals surface area contributed by atoms with E-state index in [-0.39, 0.29) is 17.6 Å². The summed E-state index contributed by atoms with van der Waals surface area (Å²) in [7, 11) is 1.88. The molecular formula is C23H23N5O2S2. The highest BCUT2D eigenvalue weighted by Gasteiger charge is 2.09. The number of nitrogens with one attached hydrogen (secondary N) is 2. The number of thioether (sulfide) groups is 2. The van der Waals surface area contributed by atoms with Gasteiger partial charge in [0.25, 0.3) is 5.91 Å². The molecule has 0 bridgehead atoms. The summed E-state index contributed by atoms with van der Waals surface area (Å²) in [6.07, 6.45) is 3.52. The molecule has 0 fully saturated rings. The number of carbonyl (C=O) groups excluding carboxylic acids is 2. The van der Waals surface area contributed by atoms with E-state index in [1.165, 1.54) is 11.8 Å². The van der Waals surface area contributed by atoms with Gasteiger partial charge in [0.1, 0.15) is 0 Å². The summed E-state index contributed by atoms with van der Waals surface area (Å²) in [5.74, 6) is 1.43. The van der Waals surface area contributed by atoms with Gasteiger partial charge in [-0.2, -0.15) is 17.0 Å². The molecule has 164 valence electrons. The molecule has 32 heavy (non-hydrogen) atoms. The highest BCUT2D eigenvalue weighted by molar-refractivity contribution is 7.99. The first-order chi connectivity index (χ1) is 15.6. The van der Waals surface area contributed by atoms with Crippen molar-refractivity contribution in [2.24, 2.45) is 7.05 Å². The Balaban J connectivity index is 1.37. The van der Waals surface area contributed by atoms with Crippen molar-refractivity contribution >= 4 is 41.0 Å². The lowest BCUT2D eigenvalue weighted by molar-refractivity contribution is -0.113. The molecule has 2 amide bonds. The van der Waals surface area contributed by atoms with Crippen LogP contribution in [-0.2, 0) is 17.6 Å². The molecule has 1 heterocycles. The van der Waals surface area contributed by atoms with Gasteiger partial charge in [-0.3, -0.25) is 9.59 Å². The normalized spacial score (nSPS) is 10.4. The Morgan fingerprint density at radius 1 is 1.16 bits per heavy atom. The molecule has 9 heteroatoms. The summed E-state index contributed by atoms with van der Waals surface area (Å²) >= 11 is 3.03. The summed E-state index contributed by atoms with van der Waals surface area (Å²) in [6.45, 7) is 0.529. The lowest BCUT2D eigenvalue weighted by Crippen LogP contribution is -2.25. The van der Waals surface area contributed by atoms with Crippen molar-refractivity contribution in [1.29, 1.82) is 5.26 Å². The molecule has 0 saturated carbocycles. The number of imidazole rings is 1. The van der Waals surface area contributed by atoms with Gasteiger partial charge in [0, 0.05) is 48.7 Å². The van der Waals surface area contributed by atoms with Crippen LogP contribution >= 0.6 is 23.5 Å². The monoisotopic (exact) mass is 465 g/mol. The second-order valence-electron chi connectivity index (χ2n) is 6.81. The molecule has 0 unspecified atom stereocenters. The number of benzene rings is 2. The molecule has 0 atom stereocenters. The van der Waals surface area contributed by atoms with Gasteiger partial charge in [0.15, 0.2) is 5.16 Å². The van der Waals surface area contributed by atoms with Gasteiger partial charge in [0.2, 0.25) is 5.91 Å². The number of hydrogen-bond acceptors (Lipinski definition) is 6. The van der Waals surface area contributed by atoms with E-state index >= 15 is 0 Å². The fourth-order valence-electron chi connectivity index (χ4n) is 2.80. The maximum Gasteiger partial charge on any atom is 0.251 e. The zero-order valence-electron chi connectivity index (χ0n) is 17.6. The number of anilines is 1. The number of hydrogen-bond donors (Lipinski definition) is 2. The largest absolute Gasteiger partial charge is 0.351 e. The van der Waals surface area contributed by atoms with Crippen LogP contribution in [0.3, 0.4) is 0 Å². The number of nitriles is 1. The van der Waals surface area contributed by atoms with Crippen molar-refractivity contribution in [3.05, 3.63) is 77.6 Å². The van der Waals surface area contributed by atoms with E-state index in [1.54, 1.807) is 42.2 Å². The molecule has 1 aromatic heterocycles. The predicted molar refractivity (Wildman–Crippen MR) is 129 cm³/mol. The van der Waals surface area contributed by atoms with E-state index in [0.29, 0.717) is 23.4 Å². The second kappa shape index (κ2) is 12.0. The highest BCUT2D eigenvalue weighted by Crippen LogP contribution is 2.17. The molecule has 2 aromatic carbocycles. The van der Waals surface area contributed by atoms with E-state index < -0.39 is 0 Å². The molecule has 3 aromatic rings. The minimum absolute atomic E-state index is 0.134. The van der Waals surface area contributed by atoms with Gasteiger partial charge in [0.05, 0.1) is 17.4 Å². The zero-order valence-corrected chi connectivity index (χ0v) is 19.2. The number of amides is 2. The number of nitrogens with zero attached hydrogens (tertiary/aromatic N) is 3. The number of aromatic nitrogens is 2. The third-order valence-electron chi connectivity index (χ3n) is 4.47. The summed E-state index contributed by atoms with van der Waals surface area (Å²) in [5.41, 5.74) is 2.86. The average Bonchev–Trinajstić information content (AvgIpc) is 3.22. The van der Waals surface area contributed by atoms with Gasteiger partial charge in [-0.25, -0.2) is 4.98 Å². The maximum atomic E-state index is 12.3. The zero-order chi connectivity index (χ0) is 22.8. The maximum absolute atomic E-state index is 12.3. The molecule has 0 aliphatic carbocycles. The molecule has 0 radical (unpaired) electrons. The molecule has 0 aliphatic heterocycles. The Morgan fingerprint density at radius 2 is 1.94 bits per heavy atom. The molecule has 2 N–H and O–H groups in total. The van der Waals surface area contributed by atoms with Gasteiger partial charge in [-0.1, -0.05) is 30.0 Å². The van der Waals surface area contributed by atoms with E-state index in [2.05, 4.69) is 21.7 Å². The Labute approximate surface area is 195 Å². The van der Waals surface area contributed by atoms with E-state index in [9.17, 15) is 9.59 Å². The average molecular weight is 466 g/mol. The van der Waals surface area contributed by atoms with Crippen LogP contribution < -0.4 is 10.6 Å². The summed E-state index contributed by atoms with van der Waals surface area (Å²) in [4.78, 5) is 28.6. The third-order valence-corrected chi connectivity index (χ3v) is 6.53. The molecule has 0 aliphatic rings. The second-order valence-corrected chi connectivity index (χ2v) is 8.86. The first kappa shape index (κ1) is 23.4. The van der Waals surface area contributed by atoms with Gasteiger partial charge in [-0.05, 0) is 35.9 Å². The van der Waals surface area contributed by atoms with Crippen molar-refractivity contribution in [2.75, 3.05) is 23.4 Å². The van der Waals surface area contributed by atoms with Crippen LogP contribution in [-0.4, -0.2) is 39.4 Å². The minimum atomic E-state index is -0.161. The Morgan fingerprint density at radius 3 is 2.66 bits per heavy atom. The van der Waals surface area contributed by atoms with Crippen molar-refractivity contribution in [1.82, 2.24) is 14.9 Å². The van der Waals surface area contributed by atoms with Crippen LogP contribution in [0.25, 0.3) is 0 Å². The van der Waals surface area contributed by atoms with Crippen LogP contribution in [0.4, 0.5) is 5.69 Å². The Bertz CT molecular complexity index is 1110. The van der Waals surface area contributed by atoms with E-state index in [1.807, 2.05) is 42.1 Å². The van der Waals surface area contributed by atoms with Crippen LogP contribution in [0, 0.1) is 11.3 Å². The molecule has 0 saturated heterocycles. The third kappa shape index (κ3) is 6.90. The summed E-state index contributed by atoms with van der Waals surface area (Å²) < 4.78 is 1.86. The quantitative estimate of drug-likeness (QED) is 0.350. The smallest absolute Gasteiger partial charge is 0.251 e. The van der Waals surface area contributed by atoms with Crippen LogP contribution in [0.5, 0.6) is 0 Å². The molecule has 0 spiro atoms. The summed E-state index contributed by atoms with van der Waals surface area (Å²) in [5, 5.41) is 15.6. The number of rotatable bonds is 10. The van der Waals surface area contributed by atoms with E-state index in [0.717, 1.165) is 22.2 Å². The topological polar surface area (TPSA) is 99.8 Å². The number of aryl methyl sites for hydroxylation is 1. The van der Waals surface area contributed by atoms with Gasteiger partial charge < -0.3 is 15.2 Å². The first-order valence-electron chi connectivity index (χ1n) is 9.91. The standard InChI is InChI=1S/C23H23N5O2S2/c1-28-12-10-26-23(28)32-16-21(29)27-20-8-6-17(7-9-20)22(30)25-11-13-31-15-19-5-3-2-4-18(19)14-24/h2-10,12H,11,13,15-16H2,1H3,(H,25,30)(H,27,29).